The molecule has 0 bridgehead atoms. The van der Waals surface area contributed by atoms with Crippen LogP contribution in [-0.2, 0) is 16.2 Å². The standard InChI is InChI=1S/C16H14F5N3O2S/c17-12-2-1-3-13(18)15(12)27(25,26)24-8-6-23(7-9-24)14-10-11(4-5-22-14)16(19,20)21/h1-5,10H,6-9H2. The maximum Gasteiger partial charge on any atom is 0.416 e. The minimum Gasteiger partial charge on any atom is -0.354 e. The highest BCUT2D eigenvalue weighted by atomic mass is 32.2. The van der Waals surface area contributed by atoms with Gasteiger partial charge in [0, 0.05) is 32.4 Å². The van der Waals surface area contributed by atoms with Crippen LogP contribution in [0.25, 0.3) is 0 Å². The van der Waals surface area contributed by atoms with E-state index in [1.165, 1.54) is 4.90 Å². The van der Waals surface area contributed by atoms with Gasteiger partial charge in [-0.25, -0.2) is 22.2 Å². The SMILES string of the molecule is O=S(=O)(c1c(F)cccc1F)N1CCN(c2cc(C(F)(F)F)ccn2)CC1. The molecular formula is C16H14F5N3O2S. The van der Waals surface area contributed by atoms with E-state index in [-0.39, 0.29) is 32.0 Å². The Labute approximate surface area is 152 Å². The van der Waals surface area contributed by atoms with Crippen molar-refractivity contribution in [1.82, 2.24) is 9.29 Å². The lowest BCUT2D eigenvalue weighted by Gasteiger charge is -2.34. The van der Waals surface area contributed by atoms with E-state index < -0.39 is 38.3 Å². The van der Waals surface area contributed by atoms with Gasteiger partial charge in [0.2, 0.25) is 10.0 Å². The summed E-state index contributed by atoms with van der Waals surface area (Å²) < 4.78 is 92.0. The zero-order chi connectivity index (χ0) is 19.8. The van der Waals surface area contributed by atoms with Gasteiger partial charge in [0.1, 0.15) is 17.5 Å². The minimum absolute atomic E-state index is 0.0314. The monoisotopic (exact) mass is 407 g/mol. The van der Waals surface area contributed by atoms with Crippen molar-refractivity contribution in [2.75, 3.05) is 31.1 Å². The molecule has 1 aromatic carbocycles. The Morgan fingerprint density at radius 1 is 0.963 bits per heavy atom. The first kappa shape index (κ1) is 19.5. The molecule has 3 rings (SSSR count). The Bertz CT molecular complexity index is 921. The van der Waals surface area contributed by atoms with Crippen LogP contribution in [0, 0.1) is 11.6 Å². The van der Waals surface area contributed by atoms with Gasteiger partial charge in [-0.2, -0.15) is 17.5 Å². The number of piperazine rings is 1. The first-order valence-corrected chi connectivity index (χ1v) is 9.27. The molecule has 0 N–H and O–H groups in total. The van der Waals surface area contributed by atoms with Gasteiger partial charge in [-0.3, -0.25) is 0 Å². The molecule has 0 spiro atoms. The van der Waals surface area contributed by atoms with Crippen molar-refractivity contribution in [3.63, 3.8) is 0 Å². The lowest BCUT2D eigenvalue weighted by Crippen LogP contribution is -2.49. The fourth-order valence-corrected chi connectivity index (χ4v) is 4.31. The predicted molar refractivity (Wildman–Crippen MR) is 86.6 cm³/mol. The van der Waals surface area contributed by atoms with Crippen molar-refractivity contribution in [1.29, 1.82) is 0 Å². The molecule has 1 aliphatic heterocycles. The Morgan fingerprint density at radius 3 is 2.11 bits per heavy atom. The van der Waals surface area contributed by atoms with E-state index in [1.54, 1.807) is 0 Å². The van der Waals surface area contributed by atoms with Crippen LogP contribution in [0.3, 0.4) is 0 Å². The van der Waals surface area contributed by atoms with Crippen LogP contribution >= 0.6 is 0 Å². The van der Waals surface area contributed by atoms with E-state index in [4.69, 9.17) is 0 Å². The van der Waals surface area contributed by atoms with Gasteiger partial charge in [0.05, 0.1) is 5.56 Å². The number of alkyl halides is 3. The number of aromatic nitrogens is 1. The zero-order valence-corrected chi connectivity index (χ0v) is 14.6. The first-order valence-electron chi connectivity index (χ1n) is 7.83. The van der Waals surface area contributed by atoms with E-state index in [9.17, 15) is 30.4 Å². The third-order valence-corrected chi connectivity index (χ3v) is 6.10. The van der Waals surface area contributed by atoms with Gasteiger partial charge in [-0.15, -0.1) is 0 Å². The van der Waals surface area contributed by atoms with Crippen LogP contribution in [0.5, 0.6) is 0 Å². The summed E-state index contributed by atoms with van der Waals surface area (Å²) in [5, 5.41) is 0. The summed E-state index contributed by atoms with van der Waals surface area (Å²) in [6, 6.07) is 4.46. The van der Waals surface area contributed by atoms with E-state index in [0.717, 1.165) is 40.8 Å². The number of hydrogen-bond acceptors (Lipinski definition) is 4. The van der Waals surface area contributed by atoms with Gasteiger partial charge >= 0.3 is 6.18 Å². The summed E-state index contributed by atoms with van der Waals surface area (Å²) in [6.07, 6.45) is -3.50. The Morgan fingerprint density at radius 2 is 1.56 bits per heavy atom. The summed E-state index contributed by atoms with van der Waals surface area (Å²) in [7, 11) is -4.40. The number of pyridine rings is 1. The fraction of sp³-hybridized carbons (Fsp3) is 0.312. The molecule has 146 valence electrons. The van der Waals surface area contributed by atoms with Crippen LogP contribution < -0.4 is 4.90 Å². The van der Waals surface area contributed by atoms with Gasteiger partial charge in [0.15, 0.2) is 4.90 Å². The van der Waals surface area contributed by atoms with E-state index >= 15 is 0 Å². The second-order valence-corrected chi connectivity index (χ2v) is 7.72. The topological polar surface area (TPSA) is 53.5 Å². The van der Waals surface area contributed by atoms with Crippen LogP contribution in [0.4, 0.5) is 27.8 Å². The largest absolute Gasteiger partial charge is 0.416 e. The smallest absolute Gasteiger partial charge is 0.354 e. The number of benzene rings is 1. The summed E-state index contributed by atoms with van der Waals surface area (Å²) in [6.45, 7) is -0.227. The predicted octanol–water partition coefficient (Wildman–Crippen LogP) is 2.89. The van der Waals surface area contributed by atoms with Gasteiger partial charge in [0.25, 0.3) is 0 Å². The van der Waals surface area contributed by atoms with Crippen molar-refractivity contribution >= 4 is 15.8 Å². The second kappa shape index (κ2) is 7.04. The molecule has 0 amide bonds. The molecule has 1 fully saturated rings. The molecule has 0 unspecified atom stereocenters. The van der Waals surface area contributed by atoms with Crippen LogP contribution in [0.2, 0.25) is 0 Å². The average molecular weight is 407 g/mol. The molecule has 11 heteroatoms. The number of rotatable bonds is 3. The molecule has 0 atom stereocenters. The summed E-state index contributed by atoms with van der Waals surface area (Å²) in [4.78, 5) is 4.34. The molecular weight excluding hydrogens is 393 g/mol. The highest BCUT2D eigenvalue weighted by Crippen LogP contribution is 2.31. The first-order chi connectivity index (χ1) is 12.6. The van der Waals surface area contributed by atoms with Crippen molar-refractivity contribution < 1.29 is 30.4 Å². The van der Waals surface area contributed by atoms with E-state index in [0.29, 0.717) is 0 Å². The Hall–Kier alpha value is -2.27. The summed E-state index contributed by atoms with van der Waals surface area (Å²) in [5.74, 6) is -2.34. The number of sulfonamides is 1. The summed E-state index contributed by atoms with van der Waals surface area (Å²) >= 11 is 0. The molecule has 2 aromatic rings. The van der Waals surface area contributed by atoms with Crippen LogP contribution in [-0.4, -0.2) is 43.9 Å². The highest BCUT2D eigenvalue weighted by Gasteiger charge is 2.34. The van der Waals surface area contributed by atoms with Gasteiger partial charge < -0.3 is 4.90 Å². The Balaban J connectivity index is 1.78. The Kier molecular flexibility index (Phi) is 5.08. The van der Waals surface area contributed by atoms with Crippen LogP contribution in [0.1, 0.15) is 5.56 Å². The molecule has 0 radical (unpaired) electrons. The zero-order valence-electron chi connectivity index (χ0n) is 13.7. The van der Waals surface area contributed by atoms with Crippen molar-refractivity contribution in [3.8, 4) is 0 Å². The van der Waals surface area contributed by atoms with E-state index in [2.05, 4.69) is 4.98 Å². The average Bonchev–Trinajstić information content (AvgIpc) is 2.61. The van der Waals surface area contributed by atoms with Gasteiger partial charge in [-0.05, 0) is 24.3 Å². The lowest BCUT2D eigenvalue weighted by atomic mass is 10.2. The fourth-order valence-electron chi connectivity index (χ4n) is 2.78. The van der Waals surface area contributed by atoms with Gasteiger partial charge in [-0.1, -0.05) is 6.07 Å². The van der Waals surface area contributed by atoms with Crippen molar-refractivity contribution in [2.45, 2.75) is 11.1 Å². The maximum absolute atomic E-state index is 13.8. The molecule has 0 saturated carbocycles. The lowest BCUT2D eigenvalue weighted by molar-refractivity contribution is -0.137. The highest BCUT2D eigenvalue weighted by molar-refractivity contribution is 7.89. The second-order valence-electron chi connectivity index (χ2n) is 5.84. The molecule has 1 aromatic heterocycles. The number of nitrogens with zero attached hydrogens (tertiary/aromatic N) is 3. The molecule has 27 heavy (non-hydrogen) atoms. The number of halogens is 5. The van der Waals surface area contributed by atoms with Crippen molar-refractivity contribution in [2.24, 2.45) is 0 Å². The quantitative estimate of drug-likeness (QED) is 0.735. The normalized spacial score (nSPS) is 16.6. The third-order valence-electron chi connectivity index (χ3n) is 4.15. The molecule has 1 aliphatic rings. The maximum atomic E-state index is 13.8. The summed E-state index contributed by atoms with van der Waals surface area (Å²) in [5.41, 5.74) is -0.865. The molecule has 2 heterocycles. The third kappa shape index (κ3) is 3.88. The van der Waals surface area contributed by atoms with Crippen molar-refractivity contribution in [3.05, 3.63) is 53.7 Å². The molecule has 0 aliphatic carbocycles. The van der Waals surface area contributed by atoms with E-state index in [1.807, 2.05) is 0 Å². The number of anilines is 1. The van der Waals surface area contributed by atoms with Crippen LogP contribution in [0.15, 0.2) is 41.4 Å². The molecule has 5 nitrogen and oxygen atoms in total. The minimum atomic E-state index is -4.52. The number of hydrogen-bond donors (Lipinski definition) is 0. The molecule has 1 saturated heterocycles.